The molecule has 1 atom stereocenters. The van der Waals surface area contributed by atoms with Gasteiger partial charge in [-0.25, -0.2) is 0 Å². The molecule has 1 aromatic carbocycles. The monoisotopic (exact) mass is 285 g/mol. The number of nitrogens with one attached hydrogen (secondary N) is 1. The van der Waals surface area contributed by atoms with Gasteiger partial charge in [-0.15, -0.1) is 0 Å². The minimum absolute atomic E-state index is 0.384. The SMILES string of the molecule is COc1cc(Br)c(C2CCCN2)c(OC)c1. The van der Waals surface area contributed by atoms with Gasteiger partial charge in [0.15, 0.2) is 0 Å². The van der Waals surface area contributed by atoms with Crippen LogP contribution in [0.25, 0.3) is 0 Å². The Kier molecular flexibility index (Phi) is 3.71. The summed E-state index contributed by atoms with van der Waals surface area (Å²) < 4.78 is 11.7. The summed E-state index contributed by atoms with van der Waals surface area (Å²) in [6.45, 7) is 1.08. The smallest absolute Gasteiger partial charge is 0.128 e. The van der Waals surface area contributed by atoms with Crippen LogP contribution in [0.5, 0.6) is 11.5 Å². The van der Waals surface area contributed by atoms with Crippen molar-refractivity contribution in [1.82, 2.24) is 5.32 Å². The molecule has 2 rings (SSSR count). The van der Waals surface area contributed by atoms with Crippen LogP contribution in [-0.4, -0.2) is 20.8 Å². The van der Waals surface area contributed by atoms with E-state index < -0.39 is 0 Å². The molecular formula is C12H16BrNO2. The summed E-state index contributed by atoms with van der Waals surface area (Å²) in [6.07, 6.45) is 2.37. The Hall–Kier alpha value is -0.740. The van der Waals surface area contributed by atoms with Crippen LogP contribution in [0.15, 0.2) is 16.6 Å². The van der Waals surface area contributed by atoms with E-state index in [0.29, 0.717) is 6.04 Å². The molecular weight excluding hydrogens is 270 g/mol. The van der Waals surface area contributed by atoms with Gasteiger partial charge in [-0.2, -0.15) is 0 Å². The fourth-order valence-electron chi connectivity index (χ4n) is 2.12. The van der Waals surface area contributed by atoms with Gasteiger partial charge in [0.2, 0.25) is 0 Å². The van der Waals surface area contributed by atoms with Gasteiger partial charge in [0.25, 0.3) is 0 Å². The molecule has 1 aliphatic heterocycles. The van der Waals surface area contributed by atoms with Crippen LogP contribution in [0, 0.1) is 0 Å². The Morgan fingerprint density at radius 2 is 2.12 bits per heavy atom. The van der Waals surface area contributed by atoms with E-state index in [4.69, 9.17) is 9.47 Å². The third-order valence-electron chi connectivity index (χ3n) is 2.93. The molecule has 4 heteroatoms. The molecule has 3 nitrogen and oxygen atoms in total. The van der Waals surface area contributed by atoms with Crippen molar-refractivity contribution in [2.45, 2.75) is 18.9 Å². The second kappa shape index (κ2) is 5.06. The molecule has 0 saturated carbocycles. The fraction of sp³-hybridized carbons (Fsp3) is 0.500. The zero-order valence-electron chi connectivity index (χ0n) is 9.55. The van der Waals surface area contributed by atoms with E-state index in [9.17, 15) is 0 Å². The first-order chi connectivity index (χ1) is 7.76. The van der Waals surface area contributed by atoms with Gasteiger partial charge in [-0.3, -0.25) is 0 Å². The molecule has 0 aromatic heterocycles. The van der Waals surface area contributed by atoms with Crippen LogP contribution in [0.1, 0.15) is 24.4 Å². The van der Waals surface area contributed by atoms with Crippen LogP contribution < -0.4 is 14.8 Å². The number of methoxy groups -OCH3 is 2. The normalized spacial score (nSPS) is 19.8. The van der Waals surface area contributed by atoms with E-state index in [1.807, 2.05) is 12.1 Å². The highest BCUT2D eigenvalue weighted by molar-refractivity contribution is 9.10. The summed E-state index contributed by atoms with van der Waals surface area (Å²) in [5.41, 5.74) is 1.20. The lowest BCUT2D eigenvalue weighted by molar-refractivity contribution is 0.386. The molecule has 88 valence electrons. The van der Waals surface area contributed by atoms with E-state index in [1.165, 1.54) is 12.0 Å². The number of halogens is 1. The van der Waals surface area contributed by atoms with E-state index in [0.717, 1.165) is 28.9 Å². The van der Waals surface area contributed by atoms with Crippen LogP contribution >= 0.6 is 15.9 Å². The summed E-state index contributed by atoms with van der Waals surface area (Å²) in [4.78, 5) is 0. The standard InChI is InChI=1S/C12H16BrNO2/c1-15-8-6-9(13)12(11(7-8)16-2)10-4-3-5-14-10/h6-7,10,14H,3-5H2,1-2H3. The summed E-state index contributed by atoms with van der Waals surface area (Å²) in [5.74, 6) is 1.69. The van der Waals surface area contributed by atoms with Crippen molar-refractivity contribution < 1.29 is 9.47 Å². The number of benzene rings is 1. The first kappa shape index (κ1) is 11.7. The molecule has 0 amide bonds. The topological polar surface area (TPSA) is 30.5 Å². The lowest BCUT2D eigenvalue weighted by atomic mass is 10.0. The zero-order chi connectivity index (χ0) is 11.5. The summed E-state index contributed by atoms with van der Waals surface area (Å²) in [6, 6.07) is 4.30. The third kappa shape index (κ3) is 2.18. The second-order valence-corrected chi connectivity index (χ2v) is 4.73. The van der Waals surface area contributed by atoms with Crippen LogP contribution in [-0.2, 0) is 0 Å². The number of hydrogen-bond donors (Lipinski definition) is 1. The molecule has 1 aromatic rings. The summed E-state index contributed by atoms with van der Waals surface area (Å²) in [7, 11) is 3.36. The Balaban J connectivity index is 2.41. The lowest BCUT2D eigenvalue weighted by Gasteiger charge is -2.18. The van der Waals surface area contributed by atoms with Crippen LogP contribution in [0.2, 0.25) is 0 Å². The van der Waals surface area contributed by atoms with Crippen molar-refractivity contribution in [2.24, 2.45) is 0 Å². The van der Waals surface area contributed by atoms with E-state index in [-0.39, 0.29) is 0 Å². The highest BCUT2D eigenvalue weighted by atomic mass is 79.9. The van der Waals surface area contributed by atoms with Crippen molar-refractivity contribution in [2.75, 3.05) is 20.8 Å². The van der Waals surface area contributed by atoms with E-state index in [2.05, 4.69) is 21.2 Å². The molecule has 0 bridgehead atoms. The first-order valence-electron chi connectivity index (χ1n) is 5.41. The highest BCUT2D eigenvalue weighted by Crippen LogP contribution is 2.39. The Morgan fingerprint density at radius 3 is 2.69 bits per heavy atom. The number of hydrogen-bond acceptors (Lipinski definition) is 3. The maximum Gasteiger partial charge on any atom is 0.128 e. The first-order valence-corrected chi connectivity index (χ1v) is 6.20. The van der Waals surface area contributed by atoms with Crippen molar-refractivity contribution in [3.05, 3.63) is 22.2 Å². The molecule has 1 unspecified atom stereocenters. The van der Waals surface area contributed by atoms with Gasteiger partial charge in [0.05, 0.1) is 14.2 Å². The van der Waals surface area contributed by atoms with Gasteiger partial charge in [-0.1, -0.05) is 15.9 Å². The van der Waals surface area contributed by atoms with Gasteiger partial charge in [-0.05, 0) is 25.5 Å². The number of rotatable bonds is 3. The minimum Gasteiger partial charge on any atom is -0.497 e. The number of ether oxygens (including phenoxy) is 2. The Labute approximate surface area is 104 Å². The highest BCUT2D eigenvalue weighted by Gasteiger charge is 2.23. The molecule has 1 saturated heterocycles. The van der Waals surface area contributed by atoms with E-state index in [1.54, 1.807) is 14.2 Å². The Morgan fingerprint density at radius 1 is 1.31 bits per heavy atom. The second-order valence-electron chi connectivity index (χ2n) is 3.87. The van der Waals surface area contributed by atoms with Crippen molar-refractivity contribution in [3.8, 4) is 11.5 Å². The molecule has 1 aliphatic rings. The molecule has 0 spiro atoms. The van der Waals surface area contributed by atoms with Crippen LogP contribution in [0.3, 0.4) is 0 Å². The van der Waals surface area contributed by atoms with Gasteiger partial charge >= 0.3 is 0 Å². The quantitative estimate of drug-likeness (QED) is 0.926. The fourth-order valence-corrected chi connectivity index (χ4v) is 2.82. The lowest BCUT2D eigenvalue weighted by Crippen LogP contribution is -2.14. The summed E-state index contributed by atoms with van der Waals surface area (Å²) >= 11 is 3.59. The minimum atomic E-state index is 0.384. The average Bonchev–Trinajstić information content (AvgIpc) is 2.81. The van der Waals surface area contributed by atoms with Crippen molar-refractivity contribution in [1.29, 1.82) is 0 Å². The largest absolute Gasteiger partial charge is 0.497 e. The van der Waals surface area contributed by atoms with Crippen molar-refractivity contribution >= 4 is 15.9 Å². The van der Waals surface area contributed by atoms with Gasteiger partial charge < -0.3 is 14.8 Å². The predicted molar refractivity (Wildman–Crippen MR) is 67.2 cm³/mol. The molecule has 16 heavy (non-hydrogen) atoms. The molecule has 0 radical (unpaired) electrons. The average molecular weight is 286 g/mol. The molecule has 1 heterocycles. The summed E-state index contributed by atoms with van der Waals surface area (Å²) in [5, 5.41) is 3.48. The van der Waals surface area contributed by atoms with Gasteiger partial charge in [0.1, 0.15) is 11.5 Å². The van der Waals surface area contributed by atoms with E-state index >= 15 is 0 Å². The maximum absolute atomic E-state index is 5.43. The zero-order valence-corrected chi connectivity index (χ0v) is 11.1. The van der Waals surface area contributed by atoms with Crippen LogP contribution in [0.4, 0.5) is 0 Å². The maximum atomic E-state index is 5.43. The molecule has 1 fully saturated rings. The predicted octanol–water partition coefficient (Wildman–Crippen LogP) is 2.89. The molecule has 1 N–H and O–H groups in total. The van der Waals surface area contributed by atoms with Crippen molar-refractivity contribution in [3.63, 3.8) is 0 Å². The van der Waals surface area contributed by atoms with Gasteiger partial charge in [0, 0.05) is 22.1 Å². The third-order valence-corrected chi connectivity index (χ3v) is 3.59. The Bertz CT molecular complexity index is 376. The molecule has 0 aliphatic carbocycles.